The molecule has 0 aliphatic heterocycles. The minimum atomic E-state index is 0.768. The van der Waals surface area contributed by atoms with Gasteiger partial charge in [0.1, 0.15) is 5.82 Å². The largest absolute Gasteiger partial charge is 0.341 e. The van der Waals surface area contributed by atoms with Crippen molar-refractivity contribution in [3.8, 4) is 0 Å². The summed E-state index contributed by atoms with van der Waals surface area (Å²) < 4.78 is 0. The highest BCUT2D eigenvalue weighted by Crippen LogP contribution is 2.18. The molecule has 0 radical (unpaired) electrons. The highest BCUT2D eigenvalue weighted by molar-refractivity contribution is 5.70. The van der Waals surface area contributed by atoms with Crippen LogP contribution < -0.4 is 5.32 Å². The van der Waals surface area contributed by atoms with Gasteiger partial charge in [-0.1, -0.05) is 0 Å². The van der Waals surface area contributed by atoms with Gasteiger partial charge in [-0.15, -0.1) is 0 Å². The van der Waals surface area contributed by atoms with Crippen LogP contribution in [0.2, 0.25) is 0 Å². The number of nitrogens with one attached hydrogen (secondary N) is 2. The van der Waals surface area contributed by atoms with Crippen LogP contribution in [0.4, 0.5) is 0 Å². The third-order valence-corrected chi connectivity index (χ3v) is 2.91. The molecular weight excluding hydrogens is 200 g/mol. The zero-order chi connectivity index (χ0) is 11.0. The third kappa shape index (κ3) is 2.07. The van der Waals surface area contributed by atoms with E-state index in [1.54, 1.807) is 0 Å². The summed E-state index contributed by atoms with van der Waals surface area (Å²) in [5.74, 6) is 1.03. The second kappa shape index (κ2) is 3.87. The standard InChI is InChI=1S/C12H16N4/c1-8-2-5-10-12(14-8)16-11(15-10)6-7-13-9-3-4-9/h2,5,9,13H,3-4,6-7H2,1H3,(H,14,15,16). The molecule has 2 N–H and O–H groups in total. The van der Waals surface area contributed by atoms with Crippen molar-refractivity contribution in [2.45, 2.75) is 32.2 Å². The lowest BCUT2D eigenvalue weighted by Gasteiger charge is -1.98. The Kier molecular flexibility index (Phi) is 2.36. The zero-order valence-electron chi connectivity index (χ0n) is 9.45. The van der Waals surface area contributed by atoms with Crippen molar-refractivity contribution in [3.63, 3.8) is 0 Å². The summed E-state index contributed by atoms with van der Waals surface area (Å²) in [6.07, 6.45) is 3.62. The van der Waals surface area contributed by atoms with Crippen molar-refractivity contribution in [1.29, 1.82) is 0 Å². The molecular formula is C12H16N4. The lowest BCUT2D eigenvalue weighted by molar-refractivity contribution is 0.670. The Morgan fingerprint density at radius 1 is 1.38 bits per heavy atom. The van der Waals surface area contributed by atoms with E-state index >= 15 is 0 Å². The van der Waals surface area contributed by atoms with E-state index in [9.17, 15) is 0 Å². The summed E-state index contributed by atoms with van der Waals surface area (Å²) in [6.45, 7) is 2.99. The maximum Gasteiger partial charge on any atom is 0.177 e. The molecule has 2 aromatic rings. The lowest BCUT2D eigenvalue weighted by Crippen LogP contribution is -2.19. The van der Waals surface area contributed by atoms with Crippen LogP contribution >= 0.6 is 0 Å². The topological polar surface area (TPSA) is 53.6 Å². The summed E-state index contributed by atoms with van der Waals surface area (Å²) in [5.41, 5.74) is 2.88. The second-order valence-electron chi connectivity index (χ2n) is 4.49. The number of fused-ring (bicyclic) bond motifs is 1. The van der Waals surface area contributed by atoms with Crippen molar-refractivity contribution in [2.24, 2.45) is 0 Å². The van der Waals surface area contributed by atoms with Gasteiger partial charge in [-0.3, -0.25) is 0 Å². The summed E-state index contributed by atoms with van der Waals surface area (Å²) in [7, 11) is 0. The summed E-state index contributed by atoms with van der Waals surface area (Å²) in [4.78, 5) is 12.2. The van der Waals surface area contributed by atoms with Gasteiger partial charge in [0, 0.05) is 24.7 Å². The average Bonchev–Trinajstić information content (AvgIpc) is 2.98. The number of rotatable bonds is 4. The zero-order valence-corrected chi connectivity index (χ0v) is 9.45. The fraction of sp³-hybridized carbons (Fsp3) is 0.500. The van der Waals surface area contributed by atoms with Crippen LogP contribution in [0.1, 0.15) is 24.4 Å². The van der Waals surface area contributed by atoms with Gasteiger partial charge in [0.05, 0.1) is 5.52 Å². The lowest BCUT2D eigenvalue weighted by atomic mass is 10.3. The van der Waals surface area contributed by atoms with Gasteiger partial charge in [0.2, 0.25) is 0 Å². The molecule has 0 atom stereocenters. The van der Waals surface area contributed by atoms with E-state index in [4.69, 9.17) is 0 Å². The number of H-pyrrole nitrogens is 1. The minimum Gasteiger partial charge on any atom is -0.341 e. The van der Waals surface area contributed by atoms with Gasteiger partial charge >= 0.3 is 0 Å². The summed E-state index contributed by atoms with van der Waals surface area (Å²) >= 11 is 0. The van der Waals surface area contributed by atoms with E-state index in [2.05, 4.69) is 20.3 Å². The molecule has 0 amide bonds. The Balaban J connectivity index is 1.71. The van der Waals surface area contributed by atoms with E-state index in [-0.39, 0.29) is 0 Å². The minimum absolute atomic E-state index is 0.768. The monoisotopic (exact) mass is 216 g/mol. The van der Waals surface area contributed by atoms with E-state index in [1.165, 1.54) is 12.8 Å². The number of aryl methyl sites for hydroxylation is 1. The van der Waals surface area contributed by atoms with Crippen LogP contribution in [0.25, 0.3) is 11.2 Å². The van der Waals surface area contributed by atoms with Crippen LogP contribution in [0, 0.1) is 6.92 Å². The van der Waals surface area contributed by atoms with Crippen LogP contribution in [-0.4, -0.2) is 27.5 Å². The molecule has 1 aliphatic carbocycles. The van der Waals surface area contributed by atoms with Crippen molar-refractivity contribution in [3.05, 3.63) is 23.7 Å². The number of aromatic nitrogens is 3. The molecule has 0 saturated heterocycles. The number of pyridine rings is 1. The third-order valence-electron chi connectivity index (χ3n) is 2.91. The van der Waals surface area contributed by atoms with Crippen molar-refractivity contribution in [2.75, 3.05) is 6.54 Å². The number of hydrogen-bond donors (Lipinski definition) is 2. The fourth-order valence-corrected chi connectivity index (χ4v) is 1.84. The molecule has 1 saturated carbocycles. The van der Waals surface area contributed by atoms with Crippen LogP contribution in [0.15, 0.2) is 12.1 Å². The van der Waals surface area contributed by atoms with Crippen molar-refractivity contribution < 1.29 is 0 Å². The molecule has 3 rings (SSSR count). The molecule has 84 valence electrons. The number of aromatic amines is 1. The average molecular weight is 216 g/mol. The quantitative estimate of drug-likeness (QED) is 0.815. The first-order valence-electron chi connectivity index (χ1n) is 5.87. The van der Waals surface area contributed by atoms with Crippen molar-refractivity contribution in [1.82, 2.24) is 20.3 Å². The second-order valence-corrected chi connectivity index (χ2v) is 4.49. The molecule has 2 aromatic heterocycles. The molecule has 1 aliphatic rings. The molecule has 4 heteroatoms. The van der Waals surface area contributed by atoms with E-state index in [1.807, 2.05) is 19.1 Å². The summed E-state index contributed by atoms with van der Waals surface area (Å²) in [5, 5.41) is 3.48. The first-order chi connectivity index (χ1) is 7.81. The molecule has 4 nitrogen and oxygen atoms in total. The molecule has 1 fully saturated rings. The molecule has 0 spiro atoms. The first kappa shape index (κ1) is 9.78. The number of hydrogen-bond acceptors (Lipinski definition) is 3. The molecule has 0 aromatic carbocycles. The number of imidazole rings is 1. The number of nitrogens with zero attached hydrogens (tertiary/aromatic N) is 2. The smallest absolute Gasteiger partial charge is 0.177 e. The van der Waals surface area contributed by atoms with Gasteiger partial charge < -0.3 is 10.3 Å². The van der Waals surface area contributed by atoms with Crippen LogP contribution in [0.5, 0.6) is 0 Å². The van der Waals surface area contributed by atoms with E-state index in [0.29, 0.717) is 0 Å². The Morgan fingerprint density at radius 3 is 3.06 bits per heavy atom. The summed E-state index contributed by atoms with van der Waals surface area (Å²) in [6, 6.07) is 4.82. The SMILES string of the molecule is Cc1ccc2[nH]c(CCNC3CC3)nc2n1. The predicted octanol–water partition coefficient (Wildman–Crippen LogP) is 1.56. The highest BCUT2D eigenvalue weighted by Gasteiger charge is 2.19. The molecule has 0 unspecified atom stereocenters. The Bertz CT molecular complexity index is 499. The Hall–Kier alpha value is -1.42. The van der Waals surface area contributed by atoms with Gasteiger partial charge in [-0.2, -0.15) is 0 Å². The van der Waals surface area contributed by atoms with Gasteiger partial charge in [0.15, 0.2) is 5.65 Å². The highest BCUT2D eigenvalue weighted by atomic mass is 15.0. The Labute approximate surface area is 94.5 Å². The maximum atomic E-state index is 4.48. The van der Waals surface area contributed by atoms with Crippen molar-refractivity contribution >= 4 is 11.2 Å². The van der Waals surface area contributed by atoms with Crippen LogP contribution in [0.3, 0.4) is 0 Å². The van der Waals surface area contributed by atoms with E-state index in [0.717, 1.165) is 41.7 Å². The molecule has 16 heavy (non-hydrogen) atoms. The van der Waals surface area contributed by atoms with Gasteiger partial charge in [-0.05, 0) is 31.9 Å². The Morgan fingerprint density at radius 2 is 2.25 bits per heavy atom. The van der Waals surface area contributed by atoms with E-state index < -0.39 is 0 Å². The molecule has 2 heterocycles. The van der Waals surface area contributed by atoms with Gasteiger partial charge in [0.25, 0.3) is 0 Å². The molecule has 0 bridgehead atoms. The first-order valence-corrected chi connectivity index (χ1v) is 5.87. The maximum absolute atomic E-state index is 4.48. The van der Waals surface area contributed by atoms with Crippen LogP contribution in [-0.2, 0) is 6.42 Å². The predicted molar refractivity (Wildman–Crippen MR) is 63.4 cm³/mol. The fourth-order valence-electron chi connectivity index (χ4n) is 1.84. The van der Waals surface area contributed by atoms with Gasteiger partial charge in [-0.25, -0.2) is 9.97 Å². The normalized spacial score (nSPS) is 15.8.